The molecule has 5 rings (SSSR count). The number of nitrogens with zero attached hydrogens (tertiary/aromatic N) is 4. The number of aliphatic hydroxyl groups excluding tert-OH is 1. The smallest absolute Gasteiger partial charge is 0.241 e. The molecule has 3 heterocycles. The molecule has 2 aliphatic heterocycles. The number of amides is 4. The zero-order valence-corrected chi connectivity index (χ0v) is 27.8. The van der Waals surface area contributed by atoms with Crippen LogP contribution in [0.5, 0.6) is 5.75 Å². The van der Waals surface area contributed by atoms with Crippen LogP contribution < -0.4 is 10.6 Å². The molecule has 4 unspecified atom stereocenters. The molecule has 5 atom stereocenters. The van der Waals surface area contributed by atoms with Gasteiger partial charge in [0.15, 0.2) is 11.6 Å². The van der Waals surface area contributed by atoms with Crippen molar-refractivity contribution in [2.45, 2.75) is 79.2 Å². The van der Waals surface area contributed by atoms with Crippen molar-refractivity contribution in [3.63, 3.8) is 0 Å². The Hall–Kier alpha value is -3.72. The Labute approximate surface area is 268 Å². The number of pyridine rings is 1. The molecule has 4 fully saturated rings. The Bertz CT molecular complexity index is 1090. The van der Waals surface area contributed by atoms with Crippen molar-refractivity contribution in [1.29, 1.82) is 5.26 Å². The van der Waals surface area contributed by atoms with Gasteiger partial charge < -0.3 is 30.6 Å². The van der Waals surface area contributed by atoms with E-state index in [1.165, 1.54) is 49.3 Å². The lowest BCUT2D eigenvalue weighted by molar-refractivity contribution is -0.130. The predicted octanol–water partition coefficient (Wildman–Crippen LogP) is 3.41. The molecular formula is C33H54N6O6. The molecule has 4 amide bonds. The van der Waals surface area contributed by atoms with E-state index in [0.29, 0.717) is 24.7 Å². The van der Waals surface area contributed by atoms with Crippen molar-refractivity contribution in [2.75, 3.05) is 38.6 Å². The second kappa shape index (κ2) is 21.1. The molecule has 252 valence electrons. The van der Waals surface area contributed by atoms with Gasteiger partial charge in [0.05, 0.1) is 18.5 Å². The number of nitrogens with one attached hydrogen (secondary N) is 2. The Morgan fingerprint density at radius 1 is 1.11 bits per heavy atom. The van der Waals surface area contributed by atoms with Crippen molar-refractivity contribution < 1.29 is 29.4 Å². The van der Waals surface area contributed by atoms with Crippen molar-refractivity contribution in [3.05, 3.63) is 18.3 Å². The van der Waals surface area contributed by atoms with E-state index in [1.54, 1.807) is 6.07 Å². The summed E-state index contributed by atoms with van der Waals surface area (Å²) in [6.07, 6.45) is 9.73. The van der Waals surface area contributed by atoms with E-state index in [-0.39, 0.29) is 42.9 Å². The first-order chi connectivity index (χ1) is 21.5. The van der Waals surface area contributed by atoms with Crippen LogP contribution in [0, 0.1) is 46.8 Å². The number of carbonyl (C=O) groups is 4. The van der Waals surface area contributed by atoms with Gasteiger partial charge >= 0.3 is 0 Å². The number of hydrogen-bond acceptors (Lipinski definition) is 8. The van der Waals surface area contributed by atoms with E-state index >= 15 is 0 Å². The van der Waals surface area contributed by atoms with Crippen molar-refractivity contribution in [1.82, 2.24) is 20.1 Å². The molecule has 0 aromatic carbocycles. The van der Waals surface area contributed by atoms with Crippen LogP contribution in [0.2, 0.25) is 0 Å². The molecular weight excluding hydrogens is 576 g/mol. The van der Waals surface area contributed by atoms with Crippen molar-refractivity contribution in [2.24, 2.45) is 35.5 Å². The number of likely N-dealkylation sites (tertiary alicyclic amines) is 2. The molecule has 12 nitrogen and oxygen atoms in total. The molecule has 4 aliphatic rings. The lowest BCUT2D eigenvalue weighted by Gasteiger charge is -2.29. The first-order valence-corrected chi connectivity index (χ1v) is 16.0. The van der Waals surface area contributed by atoms with Gasteiger partial charge in [-0.3, -0.25) is 19.2 Å². The first-order valence-electron chi connectivity index (χ1n) is 16.0. The Morgan fingerprint density at radius 3 is 2.24 bits per heavy atom. The van der Waals surface area contributed by atoms with Crippen molar-refractivity contribution in [3.8, 4) is 11.8 Å². The maximum absolute atomic E-state index is 12.0. The highest BCUT2D eigenvalue weighted by Gasteiger charge is 2.39. The van der Waals surface area contributed by atoms with E-state index in [0.717, 1.165) is 38.0 Å². The van der Waals surface area contributed by atoms with Gasteiger partial charge in [-0.2, -0.15) is 5.26 Å². The highest BCUT2D eigenvalue weighted by molar-refractivity contribution is 5.93. The van der Waals surface area contributed by atoms with Crippen LogP contribution in [0.1, 0.15) is 73.1 Å². The molecule has 2 saturated heterocycles. The van der Waals surface area contributed by atoms with Gasteiger partial charge in [-0.15, -0.1) is 0 Å². The maximum Gasteiger partial charge on any atom is 0.241 e. The number of nitriles is 1. The monoisotopic (exact) mass is 630 g/mol. The summed E-state index contributed by atoms with van der Waals surface area (Å²) in [4.78, 5) is 51.7. The number of carbonyl (C=O) groups excluding carboxylic acids is 4. The van der Waals surface area contributed by atoms with Gasteiger partial charge in [-0.05, 0) is 54.6 Å². The Morgan fingerprint density at radius 2 is 1.76 bits per heavy atom. The summed E-state index contributed by atoms with van der Waals surface area (Å²) >= 11 is 0. The minimum atomic E-state index is -0.578. The summed E-state index contributed by atoms with van der Waals surface area (Å²) in [5.41, 5.74) is 0. The van der Waals surface area contributed by atoms with E-state index in [2.05, 4.69) is 50.2 Å². The summed E-state index contributed by atoms with van der Waals surface area (Å²) < 4.78 is 0. The second-order valence-electron chi connectivity index (χ2n) is 12.8. The summed E-state index contributed by atoms with van der Waals surface area (Å²) in [7, 11) is 1.00. The molecule has 0 spiro atoms. The van der Waals surface area contributed by atoms with Gasteiger partial charge in [0.2, 0.25) is 24.6 Å². The average molecular weight is 631 g/mol. The number of anilines is 1. The van der Waals surface area contributed by atoms with E-state index in [4.69, 9.17) is 10.4 Å². The topological polar surface area (TPSA) is 176 Å². The third kappa shape index (κ3) is 14.3. The minimum absolute atomic E-state index is 0.0636. The van der Waals surface area contributed by atoms with Crippen LogP contribution in [0.15, 0.2) is 18.3 Å². The van der Waals surface area contributed by atoms with Crippen LogP contribution in [0.3, 0.4) is 0 Å². The minimum Gasteiger partial charge on any atom is -0.504 e. The zero-order valence-electron chi connectivity index (χ0n) is 27.8. The molecule has 45 heavy (non-hydrogen) atoms. The third-order valence-electron chi connectivity index (χ3n) is 8.03. The number of aromatic hydroxyl groups is 1. The van der Waals surface area contributed by atoms with Gasteiger partial charge in [0.25, 0.3) is 0 Å². The molecule has 12 heteroatoms. The predicted molar refractivity (Wildman–Crippen MR) is 173 cm³/mol. The fraction of sp³-hybridized carbons (Fsp3) is 0.697. The van der Waals surface area contributed by atoms with Gasteiger partial charge in [-0.25, -0.2) is 4.98 Å². The lowest BCUT2D eigenvalue weighted by atomic mass is 9.75. The van der Waals surface area contributed by atoms with Crippen LogP contribution in [-0.2, 0) is 19.2 Å². The van der Waals surface area contributed by atoms with Crippen LogP contribution in [-0.4, -0.2) is 89.0 Å². The van der Waals surface area contributed by atoms with Gasteiger partial charge in [0, 0.05) is 32.9 Å². The van der Waals surface area contributed by atoms with Gasteiger partial charge in [0.1, 0.15) is 6.04 Å². The largest absolute Gasteiger partial charge is 0.504 e. The third-order valence-corrected chi connectivity index (χ3v) is 8.03. The summed E-state index contributed by atoms with van der Waals surface area (Å²) in [5.74, 6) is 3.22. The number of aromatic nitrogens is 1. The van der Waals surface area contributed by atoms with E-state index in [1.807, 2.05) is 11.0 Å². The molecule has 1 aromatic rings. The molecule has 4 N–H and O–H groups in total. The fourth-order valence-electron chi connectivity index (χ4n) is 5.38. The average Bonchev–Trinajstić information content (AvgIpc) is 3.50. The lowest BCUT2D eigenvalue weighted by Crippen LogP contribution is -2.36. The quantitative estimate of drug-likeness (QED) is 0.346. The number of aliphatic hydroxyl groups is 1. The number of fused-ring (bicyclic) bond motifs is 1. The Kier molecular flexibility index (Phi) is 18.4. The van der Waals surface area contributed by atoms with E-state index in [9.17, 15) is 24.3 Å². The highest BCUT2D eigenvalue weighted by Crippen LogP contribution is 2.39. The number of rotatable bonds is 6. The molecule has 2 saturated carbocycles. The zero-order chi connectivity index (χ0) is 33.9. The van der Waals surface area contributed by atoms with Crippen LogP contribution in [0.4, 0.5) is 5.82 Å². The highest BCUT2D eigenvalue weighted by atomic mass is 16.3. The fourth-order valence-corrected chi connectivity index (χ4v) is 5.38. The summed E-state index contributed by atoms with van der Waals surface area (Å²) in [6, 6.07) is 4.35. The van der Waals surface area contributed by atoms with Crippen molar-refractivity contribution >= 4 is 30.5 Å². The molecule has 2 aliphatic carbocycles. The summed E-state index contributed by atoms with van der Waals surface area (Å²) in [6.45, 7) is 13.2. The standard InChI is InChI=1S/C12H12N4O3.C12H20N2O2.C4H8.C4H10.CH4O/c13-5-9-4-8(6-16(9)7-17)12(19)15-11-10(18)2-1-3-14-11;1-9-3-2-4-10-6-14(7-11(9)10)12(16)5-13-8-15;1-4-2-3-4;1-4(2)3;1-2/h1-3,7-9,18H,4,6H2,(H,14,15,19);8-11H,2-7H2,1H3,(H,13,15);4H,2-3H2,1H3;4H,1-3H3;2H,1H3/t;9-,10?,11?;;;/m.1.../s1. The van der Waals surface area contributed by atoms with Crippen LogP contribution >= 0.6 is 0 Å². The molecule has 1 aromatic heterocycles. The molecule has 0 radical (unpaired) electrons. The second-order valence-corrected chi connectivity index (χ2v) is 12.8. The summed E-state index contributed by atoms with van der Waals surface area (Å²) in [5, 5.41) is 30.3. The van der Waals surface area contributed by atoms with Gasteiger partial charge in [-0.1, -0.05) is 60.3 Å². The molecule has 0 bridgehead atoms. The van der Waals surface area contributed by atoms with Crippen LogP contribution in [0.25, 0.3) is 0 Å². The normalized spacial score (nSPS) is 24.3. The Balaban J connectivity index is 0.000000349. The van der Waals surface area contributed by atoms with E-state index < -0.39 is 12.0 Å². The SMILES string of the molecule is CC(C)C.CC1CC1.CO.C[C@@H]1CCCC2CN(C(=O)CNC=O)CC21.N#CC1CC(C(=O)Nc2ncccc2O)CN1C=O. The number of hydrogen-bond donors (Lipinski definition) is 4. The maximum atomic E-state index is 12.0. The first kappa shape index (κ1) is 39.3.